The van der Waals surface area contributed by atoms with Crippen LogP contribution < -0.4 is 0 Å². The normalized spacial score (nSPS) is 26.6. The SMILES string of the molecule is CC1CN(C(=O)CN(CCC#N)CC2CC2)CC(C)O1. The fourth-order valence-electron chi connectivity index (χ4n) is 2.78. The Morgan fingerprint density at radius 3 is 2.55 bits per heavy atom. The van der Waals surface area contributed by atoms with Crippen LogP contribution in [-0.4, -0.2) is 60.6 Å². The summed E-state index contributed by atoms with van der Waals surface area (Å²) in [4.78, 5) is 16.5. The first-order valence-corrected chi connectivity index (χ1v) is 7.61. The van der Waals surface area contributed by atoms with Gasteiger partial charge >= 0.3 is 0 Å². The zero-order chi connectivity index (χ0) is 14.5. The summed E-state index contributed by atoms with van der Waals surface area (Å²) in [7, 11) is 0. The second kappa shape index (κ2) is 7.05. The minimum absolute atomic E-state index is 0.110. The third-order valence-corrected chi connectivity index (χ3v) is 3.88. The van der Waals surface area contributed by atoms with Crippen LogP contribution in [0.2, 0.25) is 0 Å². The molecule has 1 aliphatic carbocycles. The zero-order valence-corrected chi connectivity index (χ0v) is 12.5. The number of rotatable bonds is 6. The summed E-state index contributed by atoms with van der Waals surface area (Å²) in [5.74, 6) is 0.912. The minimum Gasteiger partial charge on any atom is -0.372 e. The number of carbonyl (C=O) groups excluding carboxylic acids is 1. The Hall–Kier alpha value is -1.12. The van der Waals surface area contributed by atoms with Crippen LogP contribution in [0.15, 0.2) is 0 Å². The lowest BCUT2D eigenvalue weighted by atomic mass is 10.2. The largest absolute Gasteiger partial charge is 0.372 e. The van der Waals surface area contributed by atoms with E-state index in [0.29, 0.717) is 32.6 Å². The van der Waals surface area contributed by atoms with Gasteiger partial charge in [-0.25, -0.2) is 0 Å². The van der Waals surface area contributed by atoms with E-state index in [-0.39, 0.29) is 18.1 Å². The van der Waals surface area contributed by atoms with E-state index in [1.165, 1.54) is 12.8 Å². The Labute approximate surface area is 121 Å². The Balaban J connectivity index is 1.84. The molecule has 0 bridgehead atoms. The van der Waals surface area contributed by atoms with Crippen molar-refractivity contribution in [3.8, 4) is 6.07 Å². The molecule has 2 atom stereocenters. The van der Waals surface area contributed by atoms with Gasteiger partial charge in [-0.15, -0.1) is 0 Å². The molecule has 0 aromatic carbocycles. The van der Waals surface area contributed by atoms with Gasteiger partial charge in [0.1, 0.15) is 0 Å². The van der Waals surface area contributed by atoms with Crippen molar-refractivity contribution in [1.29, 1.82) is 5.26 Å². The Morgan fingerprint density at radius 2 is 2.00 bits per heavy atom. The molecule has 2 aliphatic rings. The van der Waals surface area contributed by atoms with Gasteiger partial charge in [-0.1, -0.05) is 0 Å². The molecule has 5 heteroatoms. The third kappa shape index (κ3) is 4.77. The molecule has 0 N–H and O–H groups in total. The lowest BCUT2D eigenvalue weighted by Gasteiger charge is -2.36. The van der Waals surface area contributed by atoms with Crippen molar-refractivity contribution in [2.24, 2.45) is 5.92 Å². The van der Waals surface area contributed by atoms with Crippen molar-refractivity contribution in [2.75, 3.05) is 32.7 Å². The van der Waals surface area contributed by atoms with Crippen molar-refractivity contribution >= 4 is 5.91 Å². The van der Waals surface area contributed by atoms with E-state index in [9.17, 15) is 4.79 Å². The Kier molecular flexibility index (Phi) is 5.38. The van der Waals surface area contributed by atoms with E-state index < -0.39 is 0 Å². The Morgan fingerprint density at radius 1 is 1.35 bits per heavy atom. The number of amides is 1. The first-order valence-electron chi connectivity index (χ1n) is 7.61. The number of carbonyl (C=O) groups is 1. The lowest BCUT2D eigenvalue weighted by Crippen LogP contribution is -2.51. The van der Waals surface area contributed by atoms with E-state index >= 15 is 0 Å². The highest BCUT2D eigenvalue weighted by Crippen LogP contribution is 2.29. The molecule has 2 fully saturated rings. The number of hydrogen-bond donors (Lipinski definition) is 0. The second-order valence-corrected chi connectivity index (χ2v) is 6.14. The molecule has 2 unspecified atom stereocenters. The number of morpholine rings is 1. The van der Waals surface area contributed by atoms with Gasteiger partial charge < -0.3 is 9.64 Å². The molecule has 0 radical (unpaired) electrons. The molecular formula is C15H25N3O2. The highest BCUT2D eigenvalue weighted by Gasteiger charge is 2.29. The molecule has 1 saturated heterocycles. The van der Waals surface area contributed by atoms with Gasteiger partial charge in [-0.05, 0) is 32.6 Å². The lowest BCUT2D eigenvalue weighted by molar-refractivity contribution is -0.144. The fourth-order valence-corrected chi connectivity index (χ4v) is 2.78. The van der Waals surface area contributed by atoms with Gasteiger partial charge in [-0.3, -0.25) is 9.69 Å². The van der Waals surface area contributed by atoms with Crippen LogP contribution in [0.4, 0.5) is 0 Å². The van der Waals surface area contributed by atoms with Crippen LogP contribution in [0.3, 0.4) is 0 Å². The summed E-state index contributed by atoms with van der Waals surface area (Å²) in [5.41, 5.74) is 0. The van der Waals surface area contributed by atoms with Crippen LogP contribution in [0.1, 0.15) is 33.1 Å². The molecule has 1 aliphatic heterocycles. The molecule has 0 aromatic rings. The fraction of sp³-hybridized carbons (Fsp3) is 0.867. The number of hydrogen-bond acceptors (Lipinski definition) is 4. The van der Waals surface area contributed by atoms with Crippen LogP contribution in [0, 0.1) is 17.2 Å². The molecule has 112 valence electrons. The summed E-state index contributed by atoms with van der Waals surface area (Å²) in [6.07, 6.45) is 3.25. The molecule has 1 amide bonds. The van der Waals surface area contributed by atoms with Crippen molar-refractivity contribution in [2.45, 2.75) is 45.3 Å². The molecule has 1 heterocycles. The predicted octanol–water partition coefficient (Wildman–Crippen LogP) is 1.25. The maximum atomic E-state index is 12.4. The molecule has 0 spiro atoms. The number of nitriles is 1. The predicted molar refractivity (Wildman–Crippen MR) is 76.0 cm³/mol. The molecule has 0 aromatic heterocycles. The summed E-state index contributed by atoms with van der Waals surface area (Å²) in [5, 5.41) is 8.73. The van der Waals surface area contributed by atoms with Crippen LogP contribution in [-0.2, 0) is 9.53 Å². The maximum Gasteiger partial charge on any atom is 0.236 e. The van der Waals surface area contributed by atoms with Crippen molar-refractivity contribution in [1.82, 2.24) is 9.80 Å². The van der Waals surface area contributed by atoms with E-state index in [1.54, 1.807) is 0 Å². The highest BCUT2D eigenvalue weighted by molar-refractivity contribution is 5.78. The van der Waals surface area contributed by atoms with Gasteiger partial charge in [0.15, 0.2) is 0 Å². The van der Waals surface area contributed by atoms with Gasteiger partial charge in [0.25, 0.3) is 0 Å². The minimum atomic E-state index is 0.110. The van der Waals surface area contributed by atoms with E-state index in [1.807, 2.05) is 18.7 Å². The first-order chi connectivity index (χ1) is 9.58. The summed E-state index contributed by atoms with van der Waals surface area (Å²) in [6, 6.07) is 2.17. The molecule has 20 heavy (non-hydrogen) atoms. The average molecular weight is 279 g/mol. The van der Waals surface area contributed by atoms with E-state index in [2.05, 4.69) is 11.0 Å². The van der Waals surface area contributed by atoms with E-state index in [0.717, 1.165) is 12.5 Å². The number of nitrogens with zero attached hydrogens (tertiary/aromatic N) is 3. The first kappa shape index (κ1) is 15.3. The zero-order valence-electron chi connectivity index (χ0n) is 12.5. The van der Waals surface area contributed by atoms with Gasteiger partial charge in [-0.2, -0.15) is 5.26 Å². The van der Waals surface area contributed by atoms with Crippen LogP contribution in [0.25, 0.3) is 0 Å². The second-order valence-electron chi connectivity index (χ2n) is 6.14. The van der Waals surface area contributed by atoms with Crippen molar-refractivity contribution in [3.63, 3.8) is 0 Å². The van der Waals surface area contributed by atoms with Crippen molar-refractivity contribution < 1.29 is 9.53 Å². The van der Waals surface area contributed by atoms with Crippen molar-refractivity contribution in [3.05, 3.63) is 0 Å². The molecule has 1 saturated carbocycles. The van der Waals surface area contributed by atoms with Gasteiger partial charge in [0.2, 0.25) is 5.91 Å². The topological polar surface area (TPSA) is 56.6 Å². The summed E-state index contributed by atoms with van der Waals surface area (Å²) >= 11 is 0. The smallest absolute Gasteiger partial charge is 0.236 e. The summed E-state index contributed by atoms with van der Waals surface area (Å²) in [6.45, 7) is 7.48. The highest BCUT2D eigenvalue weighted by atomic mass is 16.5. The molecule has 2 rings (SSSR count). The van der Waals surface area contributed by atoms with Gasteiger partial charge in [0.05, 0.1) is 24.8 Å². The summed E-state index contributed by atoms with van der Waals surface area (Å²) < 4.78 is 5.66. The Bertz CT molecular complexity index is 366. The molecule has 5 nitrogen and oxygen atoms in total. The quantitative estimate of drug-likeness (QED) is 0.734. The average Bonchev–Trinajstić information content (AvgIpc) is 3.18. The molecular weight excluding hydrogens is 254 g/mol. The van der Waals surface area contributed by atoms with Crippen LogP contribution in [0.5, 0.6) is 0 Å². The monoisotopic (exact) mass is 279 g/mol. The van der Waals surface area contributed by atoms with Crippen LogP contribution >= 0.6 is 0 Å². The third-order valence-electron chi connectivity index (χ3n) is 3.88. The number of ether oxygens (including phenoxy) is 1. The standard InChI is InChI=1S/C15H25N3O2/c1-12-8-18(9-13(2)20-12)15(19)11-17(7-3-6-16)10-14-4-5-14/h12-14H,3-5,7-11H2,1-2H3. The van der Waals surface area contributed by atoms with E-state index in [4.69, 9.17) is 10.00 Å². The van der Waals surface area contributed by atoms with Gasteiger partial charge in [0, 0.05) is 32.6 Å². The maximum absolute atomic E-state index is 12.4.